The molecule has 2 N–H and O–H groups in total. The van der Waals surface area contributed by atoms with Crippen LogP contribution in [0, 0.1) is 0 Å². The van der Waals surface area contributed by atoms with Crippen molar-refractivity contribution in [3.63, 3.8) is 0 Å². The first-order chi connectivity index (χ1) is 10.2. The molecule has 0 aliphatic carbocycles. The van der Waals surface area contributed by atoms with Crippen molar-refractivity contribution in [2.24, 2.45) is 0 Å². The van der Waals surface area contributed by atoms with E-state index in [0.29, 0.717) is 13.0 Å². The van der Waals surface area contributed by atoms with Gasteiger partial charge in [0.2, 0.25) is 5.91 Å². The van der Waals surface area contributed by atoms with Crippen LogP contribution in [-0.2, 0) is 11.2 Å². The predicted octanol–water partition coefficient (Wildman–Crippen LogP) is 4.03. The third-order valence-corrected chi connectivity index (χ3v) is 5.02. The van der Waals surface area contributed by atoms with E-state index in [4.69, 9.17) is 11.6 Å². The Morgan fingerprint density at radius 2 is 2.04 bits per heavy atom. The second-order valence-electron chi connectivity index (χ2n) is 4.52. The zero-order valence-corrected chi connectivity index (χ0v) is 16.7. The average molecular weight is 417 g/mol. The number of thiazole rings is 1. The van der Waals surface area contributed by atoms with Crippen LogP contribution in [0.2, 0.25) is 4.34 Å². The number of aromatic nitrogens is 1. The van der Waals surface area contributed by atoms with E-state index in [-0.39, 0.29) is 30.7 Å². The zero-order valence-electron chi connectivity index (χ0n) is 12.6. The van der Waals surface area contributed by atoms with Crippen LogP contribution in [0.3, 0.4) is 0 Å². The smallest absolute Gasteiger partial charge is 0.226 e. The summed E-state index contributed by atoms with van der Waals surface area (Å²) >= 11 is 8.96. The molecule has 23 heavy (non-hydrogen) atoms. The fraction of sp³-hybridized carbons (Fsp3) is 0.429. The molecule has 0 aromatic carbocycles. The van der Waals surface area contributed by atoms with Gasteiger partial charge in [0.1, 0.15) is 5.01 Å². The first-order valence-electron chi connectivity index (χ1n) is 6.86. The fourth-order valence-electron chi connectivity index (χ4n) is 1.75. The van der Waals surface area contributed by atoms with Crippen LogP contribution >= 0.6 is 59.1 Å². The molecule has 1 amide bonds. The van der Waals surface area contributed by atoms with Gasteiger partial charge in [0, 0.05) is 18.5 Å². The molecule has 130 valence electrons. The Morgan fingerprint density at radius 3 is 2.70 bits per heavy atom. The summed E-state index contributed by atoms with van der Waals surface area (Å²) in [6.45, 7) is 4.55. The molecule has 9 heteroatoms. The summed E-state index contributed by atoms with van der Waals surface area (Å²) in [6, 6.07) is 3.81. The summed E-state index contributed by atoms with van der Waals surface area (Å²) in [4.78, 5) is 17.3. The van der Waals surface area contributed by atoms with E-state index < -0.39 is 0 Å². The van der Waals surface area contributed by atoms with Crippen LogP contribution < -0.4 is 10.6 Å². The summed E-state index contributed by atoms with van der Waals surface area (Å²) in [5, 5.41) is 8.98. The molecule has 2 rings (SSSR count). The van der Waals surface area contributed by atoms with Gasteiger partial charge in [-0.05, 0) is 25.1 Å². The maximum atomic E-state index is 11.8. The lowest BCUT2D eigenvalue weighted by atomic mass is 10.3. The number of halogens is 3. The van der Waals surface area contributed by atoms with E-state index >= 15 is 0 Å². The van der Waals surface area contributed by atoms with E-state index in [1.54, 1.807) is 11.3 Å². The third kappa shape index (κ3) is 7.83. The molecule has 0 saturated carbocycles. The summed E-state index contributed by atoms with van der Waals surface area (Å²) < 4.78 is 0.749. The van der Waals surface area contributed by atoms with Gasteiger partial charge in [-0.3, -0.25) is 4.79 Å². The largest absolute Gasteiger partial charge is 0.354 e. The van der Waals surface area contributed by atoms with Gasteiger partial charge in [0.05, 0.1) is 21.3 Å². The molecule has 0 fully saturated rings. The van der Waals surface area contributed by atoms with Crippen LogP contribution in [0.25, 0.3) is 9.88 Å². The number of amides is 1. The third-order valence-electron chi connectivity index (χ3n) is 2.73. The van der Waals surface area contributed by atoms with E-state index in [1.165, 1.54) is 11.3 Å². The summed E-state index contributed by atoms with van der Waals surface area (Å²) in [5.74, 6) is 0.00867. The molecule has 0 aliphatic heterocycles. The minimum atomic E-state index is 0. The number of nitrogens with one attached hydrogen (secondary N) is 2. The van der Waals surface area contributed by atoms with Gasteiger partial charge in [-0.1, -0.05) is 18.5 Å². The molecule has 0 unspecified atom stereocenters. The molecule has 0 spiro atoms. The monoisotopic (exact) mass is 415 g/mol. The number of carbonyl (C=O) groups is 1. The summed E-state index contributed by atoms with van der Waals surface area (Å²) in [6.07, 6.45) is 1.42. The quantitative estimate of drug-likeness (QED) is 0.639. The molecule has 2 aromatic rings. The molecule has 0 bridgehead atoms. The number of nitrogens with zero attached hydrogens (tertiary/aromatic N) is 1. The lowest BCUT2D eigenvalue weighted by Gasteiger charge is -2.04. The molecule has 0 atom stereocenters. The van der Waals surface area contributed by atoms with Crippen LogP contribution in [0.4, 0.5) is 0 Å². The Kier molecular flexibility index (Phi) is 11.9. The van der Waals surface area contributed by atoms with Gasteiger partial charge < -0.3 is 10.6 Å². The Bertz CT molecular complexity index is 589. The zero-order chi connectivity index (χ0) is 15.1. The second kappa shape index (κ2) is 12.1. The topological polar surface area (TPSA) is 54.0 Å². The predicted molar refractivity (Wildman–Crippen MR) is 105 cm³/mol. The molecule has 0 aliphatic rings. The Labute approximate surface area is 161 Å². The number of thiophene rings is 1. The maximum Gasteiger partial charge on any atom is 0.226 e. The molecular formula is C14H20Cl3N3OS2. The van der Waals surface area contributed by atoms with Crippen molar-refractivity contribution in [3.05, 3.63) is 27.5 Å². The van der Waals surface area contributed by atoms with Crippen molar-refractivity contribution in [2.75, 3.05) is 19.6 Å². The van der Waals surface area contributed by atoms with Crippen LogP contribution in [0.1, 0.15) is 19.0 Å². The minimum Gasteiger partial charge on any atom is -0.354 e. The average Bonchev–Trinajstić information content (AvgIpc) is 3.07. The number of rotatable bonds is 8. The highest BCUT2D eigenvalue weighted by Gasteiger charge is 2.10. The maximum absolute atomic E-state index is 11.8. The Balaban J connectivity index is 0.00000242. The molecular weight excluding hydrogens is 397 g/mol. The first kappa shape index (κ1) is 22.6. The van der Waals surface area contributed by atoms with Crippen LogP contribution in [0.15, 0.2) is 17.5 Å². The SMILES string of the molecule is CCCNCCNC(=O)Cc1csc(-c2ccc(Cl)s2)n1.Cl.Cl. The van der Waals surface area contributed by atoms with Gasteiger partial charge in [-0.15, -0.1) is 47.5 Å². The van der Waals surface area contributed by atoms with Gasteiger partial charge in [0.15, 0.2) is 0 Å². The summed E-state index contributed by atoms with van der Waals surface area (Å²) in [7, 11) is 0. The number of carbonyl (C=O) groups excluding carboxylic acids is 1. The molecule has 2 aromatic heterocycles. The lowest BCUT2D eigenvalue weighted by Crippen LogP contribution is -2.33. The fourth-order valence-corrected chi connectivity index (χ4v) is 3.68. The van der Waals surface area contributed by atoms with Crippen molar-refractivity contribution in [1.82, 2.24) is 15.6 Å². The van der Waals surface area contributed by atoms with Crippen molar-refractivity contribution in [1.29, 1.82) is 0 Å². The number of hydrogen-bond acceptors (Lipinski definition) is 5. The highest BCUT2D eigenvalue weighted by Crippen LogP contribution is 2.32. The Hall–Kier alpha value is -0.370. The minimum absolute atomic E-state index is 0. The normalized spacial score (nSPS) is 9.83. The molecule has 4 nitrogen and oxygen atoms in total. The van der Waals surface area contributed by atoms with Crippen molar-refractivity contribution >= 4 is 65.0 Å². The molecule has 0 saturated heterocycles. The van der Waals surface area contributed by atoms with Crippen molar-refractivity contribution in [3.8, 4) is 9.88 Å². The van der Waals surface area contributed by atoms with Gasteiger partial charge in [-0.2, -0.15) is 0 Å². The van der Waals surface area contributed by atoms with E-state index in [0.717, 1.165) is 39.4 Å². The van der Waals surface area contributed by atoms with Crippen LogP contribution in [0.5, 0.6) is 0 Å². The Morgan fingerprint density at radius 1 is 1.26 bits per heavy atom. The molecule has 2 heterocycles. The highest BCUT2D eigenvalue weighted by molar-refractivity contribution is 7.23. The molecule has 0 radical (unpaired) electrons. The van der Waals surface area contributed by atoms with E-state index in [9.17, 15) is 4.79 Å². The standard InChI is InChI=1S/C14H18ClN3OS2.2ClH/c1-2-5-16-6-7-17-13(19)8-10-9-20-14(18-10)11-3-4-12(15)21-11;;/h3-4,9,16H,2,5-8H2,1H3,(H,17,19);2*1H. The van der Waals surface area contributed by atoms with E-state index in [1.807, 2.05) is 17.5 Å². The van der Waals surface area contributed by atoms with Gasteiger partial charge in [0.25, 0.3) is 0 Å². The number of hydrogen-bond donors (Lipinski definition) is 2. The highest BCUT2D eigenvalue weighted by atomic mass is 35.5. The van der Waals surface area contributed by atoms with Crippen LogP contribution in [-0.4, -0.2) is 30.5 Å². The second-order valence-corrected chi connectivity index (χ2v) is 7.10. The van der Waals surface area contributed by atoms with Crippen molar-refractivity contribution < 1.29 is 4.79 Å². The summed E-state index contributed by atoms with van der Waals surface area (Å²) in [5.41, 5.74) is 0.804. The van der Waals surface area contributed by atoms with Gasteiger partial charge in [-0.25, -0.2) is 4.98 Å². The van der Waals surface area contributed by atoms with Crippen molar-refractivity contribution in [2.45, 2.75) is 19.8 Å². The lowest BCUT2D eigenvalue weighted by molar-refractivity contribution is -0.120. The van der Waals surface area contributed by atoms with Gasteiger partial charge >= 0.3 is 0 Å². The first-order valence-corrected chi connectivity index (χ1v) is 8.94. The van der Waals surface area contributed by atoms with E-state index in [2.05, 4.69) is 22.5 Å².